The van der Waals surface area contributed by atoms with Crippen molar-refractivity contribution in [3.8, 4) is 0 Å². The Morgan fingerprint density at radius 1 is 1.31 bits per heavy atom. The molecule has 1 aliphatic heterocycles. The summed E-state index contributed by atoms with van der Waals surface area (Å²) in [6, 6.07) is 0.896. The van der Waals surface area contributed by atoms with Crippen molar-refractivity contribution in [1.82, 2.24) is 4.90 Å². The summed E-state index contributed by atoms with van der Waals surface area (Å²) in [7, 11) is 0. The Bertz CT molecular complexity index is 131. The summed E-state index contributed by atoms with van der Waals surface area (Å²) in [5.41, 5.74) is 0. The fourth-order valence-electron chi connectivity index (χ4n) is 2.24. The van der Waals surface area contributed by atoms with Crippen LogP contribution in [0.4, 0.5) is 0 Å². The fraction of sp³-hybridized carbons (Fsp3) is 1.00. The standard InChI is InChI=1S/C12H25N/c1-4-12-7-5-6-9-13(12)10-8-11(2)3/h11-12H,4-10H2,1-3H3. The van der Waals surface area contributed by atoms with Crippen molar-refractivity contribution in [3.63, 3.8) is 0 Å². The van der Waals surface area contributed by atoms with E-state index in [1.165, 1.54) is 45.2 Å². The van der Waals surface area contributed by atoms with Gasteiger partial charge in [0.15, 0.2) is 0 Å². The summed E-state index contributed by atoms with van der Waals surface area (Å²) in [6.07, 6.45) is 7.04. The first kappa shape index (κ1) is 11.0. The van der Waals surface area contributed by atoms with Gasteiger partial charge in [0.25, 0.3) is 0 Å². The van der Waals surface area contributed by atoms with Gasteiger partial charge in [-0.05, 0) is 44.7 Å². The van der Waals surface area contributed by atoms with Gasteiger partial charge in [-0.25, -0.2) is 0 Å². The van der Waals surface area contributed by atoms with E-state index in [1.54, 1.807) is 0 Å². The maximum absolute atomic E-state index is 2.71. The van der Waals surface area contributed by atoms with Crippen LogP contribution >= 0.6 is 0 Å². The lowest BCUT2D eigenvalue weighted by molar-refractivity contribution is 0.137. The first-order chi connectivity index (χ1) is 6.24. The third-order valence-corrected chi connectivity index (χ3v) is 3.21. The number of likely N-dealkylation sites (tertiary alicyclic amines) is 1. The Morgan fingerprint density at radius 3 is 2.69 bits per heavy atom. The number of hydrogen-bond acceptors (Lipinski definition) is 1. The maximum atomic E-state index is 2.71. The Balaban J connectivity index is 2.27. The van der Waals surface area contributed by atoms with Crippen molar-refractivity contribution in [2.75, 3.05) is 13.1 Å². The van der Waals surface area contributed by atoms with E-state index in [0.717, 1.165) is 12.0 Å². The van der Waals surface area contributed by atoms with Crippen LogP contribution in [-0.4, -0.2) is 24.0 Å². The summed E-state index contributed by atoms with van der Waals surface area (Å²) in [6.45, 7) is 9.66. The van der Waals surface area contributed by atoms with Crippen LogP contribution in [0.1, 0.15) is 52.9 Å². The number of nitrogens with zero attached hydrogens (tertiary/aromatic N) is 1. The highest BCUT2D eigenvalue weighted by molar-refractivity contribution is 4.75. The van der Waals surface area contributed by atoms with Gasteiger partial charge in [0, 0.05) is 6.04 Å². The van der Waals surface area contributed by atoms with E-state index >= 15 is 0 Å². The number of piperidine rings is 1. The quantitative estimate of drug-likeness (QED) is 0.646. The highest BCUT2D eigenvalue weighted by atomic mass is 15.2. The molecule has 0 bridgehead atoms. The van der Waals surface area contributed by atoms with Gasteiger partial charge in [0.1, 0.15) is 0 Å². The van der Waals surface area contributed by atoms with E-state index in [-0.39, 0.29) is 0 Å². The molecule has 13 heavy (non-hydrogen) atoms. The van der Waals surface area contributed by atoms with Crippen molar-refractivity contribution in [2.45, 2.75) is 58.9 Å². The predicted octanol–water partition coefficient (Wildman–Crippen LogP) is 3.30. The molecule has 0 aromatic heterocycles. The SMILES string of the molecule is CCC1CCCCN1CCC(C)C. The van der Waals surface area contributed by atoms with Crippen LogP contribution in [0.3, 0.4) is 0 Å². The van der Waals surface area contributed by atoms with Crippen LogP contribution in [0.25, 0.3) is 0 Å². The Hall–Kier alpha value is -0.0400. The summed E-state index contributed by atoms with van der Waals surface area (Å²) < 4.78 is 0. The molecular weight excluding hydrogens is 158 g/mol. The van der Waals surface area contributed by atoms with Gasteiger partial charge in [-0.1, -0.05) is 27.2 Å². The molecule has 0 saturated carbocycles. The molecule has 1 fully saturated rings. The largest absolute Gasteiger partial charge is 0.300 e. The minimum atomic E-state index is 0.861. The van der Waals surface area contributed by atoms with E-state index in [2.05, 4.69) is 25.7 Å². The average Bonchev–Trinajstić information content (AvgIpc) is 2.15. The molecule has 1 nitrogen and oxygen atoms in total. The molecule has 78 valence electrons. The Labute approximate surface area is 83.5 Å². The van der Waals surface area contributed by atoms with Crippen LogP contribution in [0.15, 0.2) is 0 Å². The van der Waals surface area contributed by atoms with Gasteiger partial charge in [-0.2, -0.15) is 0 Å². The fourth-order valence-corrected chi connectivity index (χ4v) is 2.24. The molecule has 1 rings (SSSR count). The van der Waals surface area contributed by atoms with Crippen LogP contribution in [0.5, 0.6) is 0 Å². The average molecular weight is 183 g/mol. The maximum Gasteiger partial charge on any atom is 0.00926 e. The predicted molar refractivity (Wildman–Crippen MR) is 59.0 cm³/mol. The first-order valence-electron chi connectivity index (χ1n) is 5.98. The molecule has 0 aromatic rings. The van der Waals surface area contributed by atoms with Crippen molar-refractivity contribution in [2.24, 2.45) is 5.92 Å². The summed E-state index contributed by atoms with van der Waals surface area (Å²) >= 11 is 0. The third kappa shape index (κ3) is 3.68. The topological polar surface area (TPSA) is 3.24 Å². The highest BCUT2D eigenvalue weighted by Gasteiger charge is 2.19. The van der Waals surface area contributed by atoms with Crippen LogP contribution in [-0.2, 0) is 0 Å². The van der Waals surface area contributed by atoms with E-state index in [4.69, 9.17) is 0 Å². The summed E-state index contributed by atoms with van der Waals surface area (Å²) in [5.74, 6) is 0.861. The van der Waals surface area contributed by atoms with Gasteiger partial charge >= 0.3 is 0 Å². The smallest absolute Gasteiger partial charge is 0.00926 e. The zero-order chi connectivity index (χ0) is 9.68. The summed E-state index contributed by atoms with van der Waals surface area (Å²) in [4.78, 5) is 2.71. The second-order valence-electron chi connectivity index (χ2n) is 4.78. The van der Waals surface area contributed by atoms with Gasteiger partial charge < -0.3 is 4.90 Å². The normalized spacial score (nSPS) is 25.4. The molecule has 0 spiro atoms. The van der Waals surface area contributed by atoms with Gasteiger partial charge in [-0.3, -0.25) is 0 Å². The monoisotopic (exact) mass is 183 g/mol. The van der Waals surface area contributed by atoms with Gasteiger partial charge in [0.2, 0.25) is 0 Å². The number of rotatable bonds is 4. The molecule has 0 aromatic carbocycles. The molecule has 1 saturated heterocycles. The van der Waals surface area contributed by atoms with Crippen molar-refractivity contribution >= 4 is 0 Å². The van der Waals surface area contributed by atoms with Crippen molar-refractivity contribution in [3.05, 3.63) is 0 Å². The lowest BCUT2D eigenvalue weighted by Gasteiger charge is -2.35. The van der Waals surface area contributed by atoms with E-state index in [0.29, 0.717) is 0 Å². The minimum Gasteiger partial charge on any atom is -0.300 e. The van der Waals surface area contributed by atoms with Gasteiger partial charge in [0.05, 0.1) is 0 Å². The molecule has 0 amide bonds. The highest BCUT2D eigenvalue weighted by Crippen LogP contribution is 2.20. The molecular formula is C12H25N. The van der Waals surface area contributed by atoms with Crippen molar-refractivity contribution < 1.29 is 0 Å². The molecule has 0 aliphatic carbocycles. The molecule has 1 unspecified atom stereocenters. The summed E-state index contributed by atoms with van der Waals surface area (Å²) in [5, 5.41) is 0. The number of hydrogen-bond donors (Lipinski definition) is 0. The van der Waals surface area contributed by atoms with Crippen LogP contribution < -0.4 is 0 Å². The third-order valence-electron chi connectivity index (χ3n) is 3.21. The molecule has 0 N–H and O–H groups in total. The van der Waals surface area contributed by atoms with Crippen LogP contribution in [0, 0.1) is 5.92 Å². The lowest BCUT2D eigenvalue weighted by Crippen LogP contribution is -2.39. The zero-order valence-corrected chi connectivity index (χ0v) is 9.55. The first-order valence-corrected chi connectivity index (χ1v) is 5.98. The van der Waals surface area contributed by atoms with E-state index in [9.17, 15) is 0 Å². The van der Waals surface area contributed by atoms with Gasteiger partial charge in [-0.15, -0.1) is 0 Å². The van der Waals surface area contributed by atoms with E-state index in [1.807, 2.05) is 0 Å². The van der Waals surface area contributed by atoms with Crippen LogP contribution in [0.2, 0.25) is 0 Å². The Kier molecular flexibility index (Phi) is 4.79. The molecule has 1 heterocycles. The molecule has 1 aliphatic rings. The zero-order valence-electron chi connectivity index (χ0n) is 9.55. The van der Waals surface area contributed by atoms with Crippen molar-refractivity contribution in [1.29, 1.82) is 0 Å². The second-order valence-corrected chi connectivity index (χ2v) is 4.78. The molecule has 0 radical (unpaired) electrons. The molecule has 1 heteroatoms. The Morgan fingerprint density at radius 2 is 2.08 bits per heavy atom. The molecule has 1 atom stereocenters. The second kappa shape index (κ2) is 5.64. The van der Waals surface area contributed by atoms with E-state index < -0.39 is 0 Å². The minimum absolute atomic E-state index is 0.861. The lowest BCUT2D eigenvalue weighted by atomic mass is 9.99.